The standard InChI is InChI=1S/C23H27N3O3S/c1-15-8-7-11-18(16(15)2)26-22(28)21-19(12-13-30-21)25(23(26)29)14-20(27)24(3)17-9-5-4-6-10-17/h7-8,11-13,17H,4-6,9-10,14H2,1-3H3. The number of aromatic nitrogens is 2. The van der Waals surface area contributed by atoms with E-state index in [2.05, 4.69) is 0 Å². The lowest BCUT2D eigenvalue weighted by Crippen LogP contribution is -2.44. The first-order valence-corrected chi connectivity index (χ1v) is 11.3. The van der Waals surface area contributed by atoms with Crippen LogP contribution in [0.5, 0.6) is 0 Å². The number of hydrogen-bond donors (Lipinski definition) is 0. The third-order valence-electron chi connectivity index (χ3n) is 6.38. The zero-order chi connectivity index (χ0) is 21.4. The summed E-state index contributed by atoms with van der Waals surface area (Å²) in [5.41, 5.74) is 2.19. The van der Waals surface area contributed by atoms with Crippen molar-refractivity contribution < 1.29 is 4.79 Å². The largest absolute Gasteiger partial charge is 0.341 e. The van der Waals surface area contributed by atoms with E-state index in [1.165, 1.54) is 26.9 Å². The second-order valence-corrected chi connectivity index (χ2v) is 9.08. The molecule has 1 aromatic carbocycles. The Morgan fingerprint density at radius 1 is 1.13 bits per heavy atom. The predicted molar refractivity (Wildman–Crippen MR) is 121 cm³/mol. The number of rotatable bonds is 4. The van der Waals surface area contributed by atoms with Crippen LogP contribution in [0.25, 0.3) is 15.9 Å². The molecule has 0 aliphatic heterocycles. The van der Waals surface area contributed by atoms with Crippen LogP contribution in [0, 0.1) is 13.8 Å². The predicted octanol–water partition coefficient (Wildman–Crippen LogP) is 3.62. The molecule has 1 fully saturated rings. The van der Waals surface area contributed by atoms with E-state index in [9.17, 15) is 14.4 Å². The van der Waals surface area contributed by atoms with Gasteiger partial charge in [-0.25, -0.2) is 9.36 Å². The highest BCUT2D eigenvalue weighted by atomic mass is 32.1. The van der Waals surface area contributed by atoms with Gasteiger partial charge in [0.05, 0.1) is 11.2 Å². The maximum absolute atomic E-state index is 13.5. The van der Waals surface area contributed by atoms with Crippen molar-refractivity contribution in [2.75, 3.05) is 7.05 Å². The van der Waals surface area contributed by atoms with E-state index >= 15 is 0 Å². The number of aryl methyl sites for hydroxylation is 1. The van der Waals surface area contributed by atoms with Gasteiger partial charge in [-0.05, 0) is 55.3 Å². The van der Waals surface area contributed by atoms with E-state index < -0.39 is 5.69 Å². The second kappa shape index (κ2) is 8.22. The van der Waals surface area contributed by atoms with E-state index in [1.54, 1.807) is 22.4 Å². The van der Waals surface area contributed by atoms with Crippen molar-refractivity contribution in [3.05, 3.63) is 61.6 Å². The number of hydrogen-bond acceptors (Lipinski definition) is 4. The number of benzene rings is 1. The summed E-state index contributed by atoms with van der Waals surface area (Å²) in [5, 5.41) is 1.80. The van der Waals surface area contributed by atoms with E-state index in [1.807, 2.05) is 33.0 Å². The summed E-state index contributed by atoms with van der Waals surface area (Å²) in [6, 6.07) is 7.56. The molecular formula is C23H27N3O3S. The van der Waals surface area contributed by atoms with Gasteiger partial charge in [0, 0.05) is 13.1 Å². The highest BCUT2D eigenvalue weighted by Gasteiger charge is 2.24. The van der Waals surface area contributed by atoms with E-state index in [-0.39, 0.29) is 24.1 Å². The van der Waals surface area contributed by atoms with Gasteiger partial charge in [0.1, 0.15) is 11.2 Å². The van der Waals surface area contributed by atoms with E-state index in [4.69, 9.17) is 0 Å². The third kappa shape index (κ3) is 3.51. The van der Waals surface area contributed by atoms with Crippen molar-refractivity contribution in [1.29, 1.82) is 0 Å². The number of carbonyl (C=O) groups is 1. The van der Waals surface area contributed by atoms with Crippen LogP contribution >= 0.6 is 11.3 Å². The van der Waals surface area contributed by atoms with Crippen LogP contribution in [-0.2, 0) is 11.3 Å². The lowest BCUT2D eigenvalue weighted by molar-refractivity contribution is -0.133. The summed E-state index contributed by atoms with van der Waals surface area (Å²) in [7, 11) is 1.83. The summed E-state index contributed by atoms with van der Waals surface area (Å²) in [5.74, 6) is -0.0948. The number of fused-ring (bicyclic) bond motifs is 1. The SMILES string of the molecule is Cc1cccc(-n2c(=O)c3sccc3n(CC(=O)N(C)C3CCCCC3)c2=O)c1C. The molecule has 2 heterocycles. The molecule has 1 amide bonds. The molecule has 4 rings (SSSR count). The molecule has 7 heteroatoms. The average molecular weight is 426 g/mol. The summed E-state index contributed by atoms with van der Waals surface area (Å²) in [6.07, 6.45) is 5.50. The molecule has 0 N–H and O–H groups in total. The number of amides is 1. The molecule has 1 aliphatic rings. The van der Waals surface area contributed by atoms with Crippen LogP contribution in [0.4, 0.5) is 0 Å². The van der Waals surface area contributed by atoms with Crippen molar-refractivity contribution in [1.82, 2.24) is 14.0 Å². The van der Waals surface area contributed by atoms with Crippen LogP contribution < -0.4 is 11.2 Å². The monoisotopic (exact) mass is 425 g/mol. The normalized spacial score (nSPS) is 14.9. The topological polar surface area (TPSA) is 64.3 Å². The number of likely N-dealkylation sites (N-methyl/N-ethyl adjacent to an activating group) is 1. The van der Waals surface area contributed by atoms with Crippen LogP contribution in [0.2, 0.25) is 0 Å². The Morgan fingerprint density at radius 3 is 2.60 bits per heavy atom. The van der Waals surface area contributed by atoms with Gasteiger partial charge in [-0.2, -0.15) is 0 Å². The van der Waals surface area contributed by atoms with Gasteiger partial charge in [0.15, 0.2) is 0 Å². The van der Waals surface area contributed by atoms with Gasteiger partial charge < -0.3 is 4.90 Å². The number of nitrogens with zero attached hydrogens (tertiary/aromatic N) is 3. The molecule has 30 heavy (non-hydrogen) atoms. The van der Waals surface area contributed by atoms with Gasteiger partial charge in [-0.3, -0.25) is 14.2 Å². The van der Waals surface area contributed by atoms with Gasteiger partial charge in [0.25, 0.3) is 5.56 Å². The smallest absolute Gasteiger partial charge is 0.336 e. The van der Waals surface area contributed by atoms with Crippen LogP contribution in [0.15, 0.2) is 39.2 Å². The first kappa shape index (κ1) is 20.6. The minimum Gasteiger partial charge on any atom is -0.341 e. The highest BCUT2D eigenvalue weighted by Crippen LogP contribution is 2.23. The van der Waals surface area contributed by atoms with Crippen LogP contribution in [0.1, 0.15) is 43.2 Å². The summed E-state index contributed by atoms with van der Waals surface area (Å²) in [6.45, 7) is 3.79. The molecule has 3 aromatic rings. The van der Waals surface area contributed by atoms with E-state index in [0.29, 0.717) is 15.9 Å². The quantitative estimate of drug-likeness (QED) is 0.641. The number of carbonyl (C=O) groups excluding carboxylic acids is 1. The molecule has 1 aliphatic carbocycles. The van der Waals surface area contributed by atoms with Crippen molar-refractivity contribution >= 4 is 27.5 Å². The lowest BCUT2D eigenvalue weighted by atomic mass is 9.94. The fraction of sp³-hybridized carbons (Fsp3) is 0.435. The van der Waals surface area contributed by atoms with Crippen LogP contribution in [-0.4, -0.2) is 33.0 Å². The molecule has 158 valence electrons. The molecule has 0 radical (unpaired) electrons. The molecular weight excluding hydrogens is 398 g/mol. The second-order valence-electron chi connectivity index (χ2n) is 8.16. The number of thiophene rings is 1. The Kier molecular flexibility index (Phi) is 5.64. The summed E-state index contributed by atoms with van der Waals surface area (Å²) < 4.78 is 3.16. The van der Waals surface area contributed by atoms with Crippen molar-refractivity contribution in [3.63, 3.8) is 0 Å². The Hall–Kier alpha value is -2.67. The van der Waals surface area contributed by atoms with Crippen LogP contribution in [0.3, 0.4) is 0 Å². The van der Waals surface area contributed by atoms with Crippen molar-refractivity contribution in [3.8, 4) is 5.69 Å². The maximum Gasteiger partial charge on any atom is 0.336 e. The maximum atomic E-state index is 13.5. The lowest BCUT2D eigenvalue weighted by Gasteiger charge is -2.31. The first-order valence-electron chi connectivity index (χ1n) is 10.5. The summed E-state index contributed by atoms with van der Waals surface area (Å²) >= 11 is 1.30. The molecule has 1 saturated carbocycles. The fourth-order valence-corrected chi connectivity index (χ4v) is 5.17. The Balaban J connectivity index is 1.81. The minimum atomic E-state index is -0.468. The Bertz CT molecular complexity index is 1210. The highest BCUT2D eigenvalue weighted by molar-refractivity contribution is 7.17. The zero-order valence-corrected chi connectivity index (χ0v) is 18.5. The molecule has 2 aromatic heterocycles. The molecule has 0 bridgehead atoms. The Morgan fingerprint density at radius 2 is 1.87 bits per heavy atom. The molecule has 6 nitrogen and oxygen atoms in total. The zero-order valence-electron chi connectivity index (χ0n) is 17.7. The van der Waals surface area contributed by atoms with Gasteiger partial charge in [-0.1, -0.05) is 31.4 Å². The molecule has 0 spiro atoms. The average Bonchev–Trinajstić information content (AvgIpc) is 3.24. The van der Waals surface area contributed by atoms with Crippen molar-refractivity contribution in [2.24, 2.45) is 0 Å². The third-order valence-corrected chi connectivity index (χ3v) is 7.27. The van der Waals surface area contributed by atoms with Gasteiger partial charge in [-0.15, -0.1) is 11.3 Å². The molecule has 0 saturated heterocycles. The minimum absolute atomic E-state index is 0.0653. The van der Waals surface area contributed by atoms with Crippen molar-refractivity contribution in [2.45, 2.75) is 58.5 Å². The van der Waals surface area contributed by atoms with Gasteiger partial charge >= 0.3 is 5.69 Å². The van der Waals surface area contributed by atoms with Gasteiger partial charge in [0.2, 0.25) is 5.91 Å². The van der Waals surface area contributed by atoms with E-state index in [0.717, 1.165) is 36.8 Å². The summed E-state index contributed by atoms with van der Waals surface area (Å²) in [4.78, 5) is 41.5. The fourth-order valence-electron chi connectivity index (χ4n) is 4.35. The molecule has 0 unspecified atom stereocenters. The first-order chi connectivity index (χ1) is 14.4. The molecule has 0 atom stereocenters. The Labute approximate surface area is 179 Å².